The average molecular weight is 447 g/mol. The molecule has 0 atom stereocenters. The second-order valence-electron chi connectivity index (χ2n) is 6.63. The number of rotatable bonds is 5. The first-order chi connectivity index (χ1) is 18.3. The summed E-state index contributed by atoms with van der Waals surface area (Å²) in [6.45, 7) is -7.92. The van der Waals surface area contributed by atoms with Crippen LogP contribution in [0, 0.1) is 13.7 Å². The monoisotopic (exact) mass is 446 g/mol. The molecule has 31 heavy (non-hydrogen) atoms. The largest absolute Gasteiger partial charge is 0.329 e. The van der Waals surface area contributed by atoms with Crippen LogP contribution in [0.5, 0.6) is 0 Å². The Labute approximate surface area is 193 Å². The Bertz CT molecular complexity index is 1700. The predicted molar refractivity (Wildman–Crippen MR) is 121 cm³/mol. The first-order valence-electron chi connectivity index (χ1n) is 13.3. The summed E-state index contributed by atoms with van der Waals surface area (Å²) in [5.41, 5.74) is 0.0342. The van der Waals surface area contributed by atoms with Crippen LogP contribution < -0.4 is 15.4 Å². The van der Waals surface area contributed by atoms with Crippen LogP contribution in [0.25, 0.3) is 10.9 Å². The van der Waals surface area contributed by atoms with Crippen molar-refractivity contribution in [2.75, 3.05) is 17.2 Å². The van der Waals surface area contributed by atoms with Crippen LogP contribution in [0.3, 0.4) is 0 Å². The van der Waals surface area contributed by atoms with Crippen molar-refractivity contribution in [1.29, 1.82) is 0 Å². The number of aryl methyl sites for hydroxylation is 3. The first kappa shape index (κ1) is 12.4. The molecule has 0 bridgehead atoms. The van der Waals surface area contributed by atoms with Crippen molar-refractivity contribution in [2.45, 2.75) is 18.6 Å². The van der Waals surface area contributed by atoms with Crippen molar-refractivity contribution in [3.63, 3.8) is 0 Å². The van der Waals surface area contributed by atoms with Gasteiger partial charge in [0, 0.05) is 55.0 Å². The lowest BCUT2D eigenvalue weighted by Crippen LogP contribution is -2.14. The van der Waals surface area contributed by atoms with Crippen molar-refractivity contribution in [1.82, 2.24) is 19.7 Å². The lowest BCUT2D eigenvalue weighted by atomic mass is 10.2. The average Bonchev–Trinajstić information content (AvgIpc) is 3.12. The van der Waals surface area contributed by atoms with E-state index in [2.05, 4.69) is 20.4 Å². The standard InChI is InChI=1S/C21H23N7O2S/c1-13-5-6-15(11-19(13)31(22,29)30)24-21-23-10-9-20(25-21)27(3)16-7-8-17-14(2)28(4)26-18(17)12-16/h5-12H,1-4H3,(H2,22,29,30)(H,23,24,25)/i1D3,2D3,3D3. The molecular formula is C21H23N7O2S. The van der Waals surface area contributed by atoms with Crippen LogP contribution in [0.15, 0.2) is 53.6 Å². The Morgan fingerprint density at radius 1 is 1.16 bits per heavy atom. The maximum Gasteiger partial charge on any atom is 0.238 e. The maximum absolute atomic E-state index is 12.0. The molecule has 0 aliphatic rings. The number of anilines is 4. The van der Waals surface area contributed by atoms with Gasteiger partial charge in [-0.15, -0.1) is 0 Å². The summed E-state index contributed by atoms with van der Waals surface area (Å²) >= 11 is 0. The zero-order valence-electron chi connectivity index (χ0n) is 25.2. The molecule has 2 heterocycles. The van der Waals surface area contributed by atoms with Gasteiger partial charge in [0.2, 0.25) is 16.0 Å². The Balaban J connectivity index is 1.75. The number of hydrogen-bond acceptors (Lipinski definition) is 7. The number of hydrogen-bond donors (Lipinski definition) is 2. The van der Waals surface area contributed by atoms with Gasteiger partial charge in [0.1, 0.15) is 5.82 Å². The first-order valence-corrected chi connectivity index (χ1v) is 10.4. The number of aromatic nitrogens is 4. The third kappa shape index (κ3) is 4.07. The zero-order chi connectivity index (χ0) is 29.8. The number of nitrogens with zero attached hydrogens (tertiary/aromatic N) is 5. The number of sulfonamides is 1. The van der Waals surface area contributed by atoms with Gasteiger partial charge in [0.05, 0.1) is 10.4 Å². The fourth-order valence-electron chi connectivity index (χ4n) is 2.96. The fraction of sp³-hybridized carbons (Fsp3) is 0.190. The van der Waals surface area contributed by atoms with Gasteiger partial charge in [-0.2, -0.15) is 10.1 Å². The van der Waals surface area contributed by atoms with Crippen molar-refractivity contribution in [2.24, 2.45) is 12.2 Å². The molecule has 2 aromatic heterocycles. The van der Waals surface area contributed by atoms with Gasteiger partial charge in [-0.1, -0.05) is 6.07 Å². The molecule has 0 saturated carbocycles. The molecule has 2 aromatic carbocycles. The van der Waals surface area contributed by atoms with Crippen LogP contribution in [0.4, 0.5) is 23.1 Å². The second kappa shape index (κ2) is 7.64. The van der Waals surface area contributed by atoms with E-state index >= 15 is 0 Å². The smallest absolute Gasteiger partial charge is 0.238 e. The summed E-state index contributed by atoms with van der Waals surface area (Å²) in [6.07, 6.45) is 1.27. The molecule has 0 radical (unpaired) electrons. The number of fused-ring (bicyclic) bond motifs is 1. The van der Waals surface area contributed by atoms with Crippen molar-refractivity contribution >= 4 is 44.1 Å². The van der Waals surface area contributed by atoms with Crippen LogP contribution in [-0.2, 0) is 17.1 Å². The highest BCUT2D eigenvalue weighted by Crippen LogP contribution is 2.28. The van der Waals surface area contributed by atoms with E-state index in [4.69, 9.17) is 17.5 Å². The SMILES string of the molecule is [2H]C([2H])([2H])c1ccc(Nc2nccc(N(c3ccc4c(C([2H])([2H])[2H])n(C)nc4c3)C([2H])([2H])[2H])n2)cc1S(N)(=O)=O. The topological polar surface area (TPSA) is 119 Å². The highest BCUT2D eigenvalue weighted by atomic mass is 32.2. The summed E-state index contributed by atoms with van der Waals surface area (Å²) in [7, 11) is -2.92. The molecule has 160 valence electrons. The van der Waals surface area contributed by atoms with E-state index in [0.717, 1.165) is 17.0 Å². The van der Waals surface area contributed by atoms with Crippen LogP contribution in [0.1, 0.15) is 23.6 Å². The summed E-state index contributed by atoms with van der Waals surface area (Å²) in [4.78, 5) is 8.61. The predicted octanol–water partition coefficient (Wildman–Crippen LogP) is 3.14. The van der Waals surface area contributed by atoms with E-state index in [-0.39, 0.29) is 34.4 Å². The van der Waals surface area contributed by atoms with E-state index in [9.17, 15) is 8.42 Å². The molecule has 3 N–H and O–H groups in total. The van der Waals surface area contributed by atoms with Crippen LogP contribution in [0.2, 0.25) is 0 Å². The van der Waals surface area contributed by atoms with Gasteiger partial charge in [-0.3, -0.25) is 4.68 Å². The van der Waals surface area contributed by atoms with E-state index in [1.54, 1.807) is 0 Å². The molecule has 0 aliphatic carbocycles. The van der Waals surface area contributed by atoms with E-state index < -0.39 is 41.2 Å². The molecular weight excluding hydrogens is 414 g/mol. The van der Waals surface area contributed by atoms with Crippen molar-refractivity contribution in [3.05, 3.63) is 59.9 Å². The Hall–Kier alpha value is -3.50. The van der Waals surface area contributed by atoms with Gasteiger partial charge >= 0.3 is 0 Å². The molecule has 9 nitrogen and oxygen atoms in total. The minimum absolute atomic E-state index is 0.00591. The minimum Gasteiger partial charge on any atom is -0.329 e. The lowest BCUT2D eigenvalue weighted by molar-refractivity contribution is 0.597. The second-order valence-corrected chi connectivity index (χ2v) is 8.16. The van der Waals surface area contributed by atoms with E-state index in [1.807, 2.05) is 0 Å². The van der Waals surface area contributed by atoms with Crippen LogP contribution >= 0.6 is 0 Å². The van der Waals surface area contributed by atoms with Gasteiger partial charge in [-0.05, 0) is 55.7 Å². The van der Waals surface area contributed by atoms with E-state index in [1.165, 1.54) is 48.3 Å². The maximum atomic E-state index is 12.0. The van der Waals surface area contributed by atoms with Gasteiger partial charge in [0.25, 0.3) is 0 Å². The molecule has 0 fully saturated rings. The third-order valence-electron chi connectivity index (χ3n) is 4.49. The normalized spacial score (nSPS) is 17.2. The number of primary sulfonamides is 1. The van der Waals surface area contributed by atoms with Gasteiger partial charge in [-0.25, -0.2) is 18.5 Å². The molecule has 4 rings (SSSR count). The molecule has 0 aliphatic heterocycles. The molecule has 0 unspecified atom stereocenters. The molecule has 10 heteroatoms. The number of nitrogens with two attached hydrogens (primary N) is 1. The Kier molecular flexibility index (Phi) is 3.05. The summed E-state index contributed by atoms with van der Waals surface area (Å²) in [5.74, 6) is -0.202. The highest BCUT2D eigenvalue weighted by molar-refractivity contribution is 7.89. The lowest BCUT2D eigenvalue weighted by Gasteiger charge is -2.19. The van der Waals surface area contributed by atoms with Crippen LogP contribution in [-0.4, -0.2) is 35.1 Å². The fourth-order valence-corrected chi connectivity index (χ4v) is 3.62. The summed E-state index contributed by atoms with van der Waals surface area (Å²) < 4.78 is 95.7. The number of nitrogens with one attached hydrogen (secondary N) is 1. The van der Waals surface area contributed by atoms with Gasteiger partial charge < -0.3 is 10.2 Å². The summed E-state index contributed by atoms with van der Waals surface area (Å²) in [6, 6.07) is 9.08. The summed E-state index contributed by atoms with van der Waals surface area (Å²) in [5, 5.41) is 12.5. The highest BCUT2D eigenvalue weighted by Gasteiger charge is 2.14. The molecule has 0 spiro atoms. The third-order valence-corrected chi connectivity index (χ3v) is 5.44. The Morgan fingerprint density at radius 3 is 2.77 bits per heavy atom. The minimum atomic E-state index is -4.40. The van der Waals surface area contributed by atoms with Crippen molar-refractivity contribution < 1.29 is 20.8 Å². The molecule has 0 amide bonds. The Morgan fingerprint density at radius 2 is 2.03 bits per heavy atom. The molecule has 4 aromatic rings. The molecule has 0 saturated heterocycles. The van der Waals surface area contributed by atoms with Crippen molar-refractivity contribution in [3.8, 4) is 0 Å². The van der Waals surface area contributed by atoms with Gasteiger partial charge in [0.15, 0.2) is 0 Å². The zero-order valence-corrected chi connectivity index (χ0v) is 17.0. The number of benzene rings is 2. The quantitative estimate of drug-likeness (QED) is 0.483. The van der Waals surface area contributed by atoms with E-state index in [0.29, 0.717) is 5.39 Å².